The Morgan fingerprint density at radius 2 is 1.73 bits per heavy atom. The van der Waals surface area contributed by atoms with Crippen LogP contribution < -0.4 is 14.8 Å². The molecule has 0 spiro atoms. The summed E-state index contributed by atoms with van der Waals surface area (Å²) < 4.78 is 13.0. The molecule has 0 atom stereocenters. The van der Waals surface area contributed by atoms with Crippen LogP contribution in [0.1, 0.15) is 46.8 Å². The molecule has 0 radical (unpaired) electrons. The summed E-state index contributed by atoms with van der Waals surface area (Å²) in [5, 5.41) is 2.84. The number of amides is 1. The third kappa shape index (κ3) is 4.86. The highest BCUT2D eigenvalue weighted by atomic mass is 16.5. The van der Waals surface area contributed by atoms with Crippen molar-refractivity contribution in [3.63, 3.8) is 0 Å². The molecular formula is C23H25N3O4. The molecule has 7 heteroatoms. The van der Waals surface area contributed by atoms with Crippen molar-refractivity contribution in [3.8, 4) is 11.5 Å². The SMILES string of the molecule is CCCOc1ccc(C(=O)Nc2ccc(C(=O)c3nccn3C)cc2)cc1OCC. The Morgan fingerprint density at radius 3 is 2.37 bits per heavy atom. The number of anilines is 1. The third-order valence-corrected chi connectivity index (χ3v) is 4.40. The molecule has 0 unspecified atom stereocenters. The van der Waals surface area contributed by atoms with Gasteiger partial charge < -0.3 is 19.4 Å². The van der Waals surface area contributed by atoms with Crippen molar-refractivity contribution in [1.29, 1.82) is 0 Å². The normalized spacial score (nSPS) is 10.5. The topological polar surface area (TPSA) is 82.5 Å². The van der Waals surface area contributed by atoms with Crippen LogP contribution in [0.5, 0.6) is 11.5 Å². The summed E-state index contributed by atoms with van der Waals surface area (Å²) in [7, 11) is 1.77. The lowest BCUT2D eigenvalue weighted by Gasteiger charge is -2.13. The van der Waals surface area contributed by atoms with Gasteiger partial charge in [0, 0.05) is 36.3 Å². The Balaban J connectivity index is 1.72. The number of ether oxygens (including phenoxy) is 2. The number of benzene rings is 2. The van der Waals surface area contributed by atoms with Crippen LogP contribution in [0, 0.1) is 0 Å². The van der Waals surface area contributed by atoms with Crippen molar-refractivity contribution in [2.24, 2.45) is 7.05 Å². The lowest BCUT2D eigenvalue weighted by Crippen LogP contribution is -2.13. The Kier molecular flexibility index (Phi) is 6.85. The van der Waals surface area contributed by atoms with Crippen molar-refractivity contribution in [2.45, 2.75) is 20.3 Å². The summed E-state index contributed by atoms with van der Waals surface area (Å²) in [6.45, 7) is 4.95. The monoisotopic (exact) mass is 407 g/mol. The van der Waals surface area contributed by atoms with Crippen LogP contribution in [0.2, 0.25) is 0 Å². The van der Waals surface area contributed by atoms with E-state index in [0.29, 0.717) is 47.4 Å². The van der Waals surface area contributed by atoms with Gasteiger partial charge in [-0.05, 0) is 55.8 Å². The number of carbonyl (C=O) groups is 2. The molecule has 156 valence electrons. The molecule has 30 heavy (non-hydrogen) atoms. The molecule has 7 nitrogen and oxygen atoms in total. The predicted molar refractivity (Wildman–Crippen MR) is 114 cm³/mol. The Hall–Kier alpha value is -3.61. The minimum atomic E-state index is -0.277. The van der Waals surface area contributed by atoms with Gasteiger partial charge in [0.2, 0.25) is 5.78 Å². The minimum absolute atomic E-state index is 0.176. The molecule has 0 aliphatic heterocycles. The highest BCUT2D eigenvalue weighted by Crippen LogP contribution is 2.29. The van der Waals surface area contributed by atoms with Crippen LogP contribution in [0.15, 0.2) is 54.9 Å². The number of carbonyl (C=O) groups excluding carboxylic acids is 2. The van der Waals surface area contributed by atoms with Crippen LogP contribution in [0.4, 0.5) is 5.69 Å². The number of hydrogen-bond acceptors (Lipinski definition) is 5. The van der Waals surface area contributed by atoms with E-state index < -0.39 is 0 Å². The maximum atomic E-state index is 12.7. The average molecular weight is 407 g/mol. The number of imidazole rings is 1. The van der Waals surface area contributed by atoms with E-state index in [1.165, 1.54) is 0 Å². The number of nitrogens with zero attached hydrogens (tertiary/aromatic N) is 2. The number of aryl methyl sites for hydroxylation is 1. The molecule has 1 N–H and O–H groups in total. The van der Waals surface area contributed by atoms with Crippen LogP contribution in [0.25, 0.3) is 0 Å². The largest absolute Gasteiger partial charge is 0.490 e. The second-order valence-electron chi connectivity index (χ2n) is 6.67. The number of nitrogens with one attached hydrogen (secondary N) is 1. The van der Waals surface area contributed by atoms with Crippen LogP contribution in [0.3, 0.4) is 0 Å². The van der Waals surface area contributed by atoms with Crippen LogP contribution in [-0.4, -0.2) is 34.5 Å². The van der Waals surface area contributed by atoms with Gasteiger partial charge in [-0.3, -0.25) is 9.59 Å². The zero-order valence-corrected chi connectivity index (χ0v) is 17.3. The highest BCUT2D eigenvalue weighted by Gasteiger charge is 2.15. The lowest BCUT2D eigenvalue weighted by atomic mass is 10.1. The molecule has 0 saturated heterocycles. The fraction of sp³-hybridized carbons (Fsp3) is 0.261. The van der Waals surface area contributed by atoms with E-state index in [-0.39, 0.29) is 11.7 Å². The van der Waals surface area contributed by atoms with E-state index in [1.54, 1.807) is 66.5 Å². The van der Waals surface area contributed by atoms with Crippen molar-refractivity contribution in [1.82, 2.24) is 9.55 Å². The van der Waals surface area contributed by atoms with Gasteiger partial charge >= 0.3 is 0 Å². The van der Waals surface area contributed by atoms with E-state index in [0.717, 1.165) is 6.42 Å². The summed E-state index contributed by atoms with van der Waals surface area (Å²) in [5.41, 5.74) is 1.54. The first-order valence-electron chi connectivity index (χ1n) is 9.86. The number of rotatable bonds is 9. The maximum Gasteiger partial charge on any atom is 0.255 e. The van der Waals surface area contributed by atoms with E-state index in [1.807, 2.05) is 13.8 Å². The molecule has 0 saturated carbocycles. The molecule has 0 fully saturated rings. The average Bonchev–Trinajstić information content (AvgIpc) is 3.19. The van der Waals surface area contributed by atoms with E-state index >= 15 is 0 Å². The minimum Gasteiger partial charge on any atom is -0.490 e. The predicted octanol–water partition coefficient (Wildman–Crippen LogP) is 4.09. The van der Waals surface area contributed by atoms with Gasteiger partial charge in [0.15, 0.2) is 17.3 Å². The first kappa shape index (κ1) is 21.1. The molecule has 0 bridgehead atoms. The molecule has 2 aromatic carbocycles. The number of ketones is 1. The molecule has 3 rings (SSSR count). The number of hydrogen-bond donors (Lipinski definition) is 1. The van der Waals surface area contributed by atoms with Crippen molar-refractivity contribution in [3.05, 3.63) is 71.8 Å². The fourth-order valence-corrected chi connectivity index (χ4v) is 2.87. The molecule has 0 aliphatic carbocycles. The van der Waals surface area contributed by atoms with Crippen molar-refractivity contribution < 1.29 is 19.1 Å². The quantitative estimate of drug-likeness (QED) is 0.540. The van der Waals surface area contributed by atoms with Crippen LogP contribution >= 0.6 is 0 Å². The molecule has 3 aromatic rings. The molecule has 0 aliphatic rings. The summed E-state index contributed by atoms with van der Waals surface area (Å²) >= 11 is 0. The van der Waals surface area contributed by atoms with Crippen molar-refractivity contribution in [2.75, 3.05) is 18.5 Å². The molecule has 1 aromatic heterocycles. The zero-order valence-electron chi connectivity index (χ0n) is 17.3. The Labute approximate surface area is 175 Å². The Morgan fingerprint density at radius 1 is 1.00 bits per heavy atom. The van der Waals surface area contributed by atoms with Gasteiger partial charge in [-0.15, -0.1) is 0 Å². The highest BCUT2D eigenvalue weighted by molar-refractivity contribution is 6.08. The lowest BCUT2D eigenvalue weighted by molar-refractivity contribution is 0.101. The van der Waals surface area contributed by atoms with Crippen LogP contribution in [-0.2, 0) is 7.05 Å². The summed E-state index contributed by atoms with van der Waals surface area (Å²) in [6, 6.07) is 11.8. The van der Waals surface area contributed by atoms with Gasteiger partial charge in [0.05, 0.1) is 13.2 Å². The van der Waals surface area contributed by atoms with Gasteiger partial charge in [-0.25, -0.2) is 4.98 Å². The van der Waals surface area contributed by atoms with Gasteiger partial charge in [0.1, 0.15) is 0 Å². The standard InChI is InChI=1S/C23H25N3O4/c1-4-14-30-19-11-8-17(15-20(19)29-5-2)23(28)25-18-9-6-16(7-10-18)21(27)22-24-12-13-26(22)3/h6-13,15H,4-5,14H2,1-3H3,(H,25,28). The first-order valence-corrected chi connectivity index (χ1v) is 9.86. The van der Waals surface area contributed by atoms with E-state index in [2.05, 4.69) is 10.3 Å². The van der Waals surface area contributed by atoms with Gasteiger partial charge in [-0.1, -0.05) is 6.92 Å². The second-order valence-corrected chi connectivity index (χ2v) is 6.67. The summed E-state index contributed by atoms with van der Waals surface area (Å²) in [6.07, 6.45) is 4.18. The van der Waals surface area contributed by atoms with Gasteiger partial charge in [0.25, 0.3) is 5.91 Å². The molecular weight excluding hydrogens is 382 g/mol. The van der Waals surface area contributed by atoms with Crippen molar-refractivity contribution >= 4 is 17.4 Å². The summed E-state index contributed by atoms with van der Waals surface area (Å²) in [5.74, 6) is 1.06. The fourth-order valence-electron chi connectivity index (χ4n) is 2.87. The molecule has 1 heterocycles. The van der Waals surface area contributed by atoms with E-state index in [9.17, 15) is 9.59 Å². The second kappa shape index (κ2) is 9.73. The zero-order chi connectivity index (χ0) is 21.5. The smallest absolute Gasteiger partial charge is 0.255 e. The maximum absolute atomic E-state index is 12.7. The van der Waals surface area contributed by atoms with Gasteiger partial charge in [-0.2, -0.15) is 0 Å². The number of aromatic nitrogens is 2. The first-order chi connectivity index (χ1) is 14.5. The van der Waals surface area contributed by atoms with E-state index in [4.69, 9.17) is 9.47 Å². The molecule has 1 amide bonds. The third-order valence-electron chi connectivity index (χ3n) is 4.40. The summed E-state index contributed by atoms with van der Waals surface area (Å²) in [4.78, 5) is 29.2. The Bertz CT molecular complexity index is 1030.